The number of Topliss-reactive ketones (excluding diaryl/α,β-unsaturated/α-hetero) is 1. The van der Waals surface area contributed by atoms with Gasteiger partial charge in [0.2, 0.25) is 5.91 Å². The third kappa shape index (κ3) is 8.60. The Labute approximate surface area is 235 Å². The largest absolute Gasteiger partial charge is 1.00 e. The molecule has 3 rings (SSSR count). The summed E-state index contributed by atoms with van der Waals surface area (Å²) in [4.78, 5) is 38.9. The van der Waals surface area contributed by atoms with E-state index < -0.39 is 72.9 Å². The maximum atomic E-state index is 13.1. The Morgan fingerprint density at radius 1 is 0.895 bits per heavy atom. The Hall–Kier alpha value is -2.83. The predicted octanol–water partition coefficient (Wildman–Crippen LogP) is 0.969. The molecule has 1 atom stereocenters. The third-order valence-electron chi connectivity index (χ3n) is 5.69. The van der Waals surface area contributed by atoms with Crippen LogP contribution in [0.1, 0.15) is 41.5 Å². The van der Waals surface area contributed by atoms with Crippen molar-refractivity contribution in [2.24, 2.45) is 0 Å². The number of carboxylic acid groups (broad SMARTS) is 1. The summed E-state index contributed by atoms with van der Waals surface area (Å²) < 4.78 is 78.9. The number of alkyl halides is 6. The van der Waals surface area contributed by atoms with Crippen molar-refractivity contribution in [2.45, 2.75) is 50.5 Å². The fourth-order valence-corrected chi connectivity index (χ4v) is 3.85. The van der Waals surface area contributed by atoms with Gasteiger partial charge in [-0.05, 0) is 48.2 Å². The number of rotatable bonds is 10. The van der Waals surface area contributed by atoms with Crippen LogP contribution in [0.25, 0.3) is 10.9 Å². The number of hydrogen-bond donors (Lipinski definition) is 2. The molecule has 38 heavy (non-hydrogen) atoms. The van der Waals surface area contributed by atoms with Gasteiger partial charge >= 0.3 is 41.9 Å². The molecular weight excluding hydrogens is 529 g/mol. The van der Waals surface area contributed by atoms with Gasteiger partial charge in [0.15, 0.2) is 5.78 Å². The van der Waals surface area contributed by atoms with E-state index >= 15 is 0 Å². The summed E-state index contributed by atoms with van der Waals surface area (Å²) in [5.41, 5.74) is -1.95. The Kier molecular flexibility index (Phi) is 10.6. The molecule has 0 aliphatic carbocycles. The number of aliphatic carboxylic acids is 1. The minimum atomic E-state index is -5.02. The number of aromatic nitrogens is 1. The van der Waals surface area contributed by atoms with E-state index in [-0.39, 0.29) is 47.6 Å². The minimum absolute atomic E-state index is 0. The van der Waals surface area contributed by atoms with Crippen LogP contribution in [0.3, 0.4) is 0 Å². The molecule has 3 aromatic rings. The van der Waals surface area contributed by atoms with Crippen LogP contribution in [0.5, 0.6) is 0 Å². The summed E-state index contributed by atoms with van der Waals surface area (Å²) >= 11 is 0. The molecule has 2 aromatic carbocycles. The molecule has 1 heterocycles. The number of ketones is 1. The van der Waals surface area contributed by atoms with E-state index in [2.05, 4.69) is 10.3 Å². The van der Waals surface area contributed by atoms with Crippen LogP contribution in [0.2, 0.25) is 0 Å². The molecule has 0 saturated heterocycles. The number of H-pyrrole nitrogens is 1. The first kappa shape index (κ1) is 31.4. The van der Waals surface area contributed by atoms with Crippen LogP contribution in [-0.2, 0) is 39.6 Å². The average Bonchev–Trinajstić information content (AvgIpc) is 3.22. The van der Waals surface area contributed by atoms with E-state index in [0.717, 1.165) is 10.9 Å². The van der Waals surface area contributed by atoms with Gasteiger partial charge in [-0.15, -0.1) is 0 Å². The molecule has 0 spiro atoms. The number of aromatic amines is 1. The number of aryl methyl sites for hydroxylation is 1. The van der Waals surface area contributed by atoms with Crippen molar-refractivity contribution in [3.63, 3.8) is 0 Å². The molecule has 13 heteroatoms. The van der Waals surface area contributed by atoms with Crippen LogP contribution >= 0.6 is 0 Å². The van der Waals surface area contributed by atoms with Crippen molar-refractivity contribution in [2.75, 3.05) is 0 Å². The van der Waals surface area contributed by atoms with E-state index in [0.29, 0.717) is 17.7 Å². The van der Waals surface area contributed by atoms with Crippen molar-refractivity contribution in [3.8, 4) is 0 Å². The van der Waals surface area contributed by atoms with Gasteiger partial charge in [0.25, 0.3) is 0 Å². The molecule has 0 aliphatic heterocycles. The second kappa shape index (κ2) is 12.8. The number of hydrogen-bond acceptors (Lipinski definition) is 4. The Balaban J connectivity index is 0.00000507. The number of para-hydroxylation sites is 1. The molecule has 2 N–H and O–H groups in total. The summed E-state index contributed by atoms with van der Waals surface area (Å²) in [6.07, 6.45) is -10.4. The summed E-state index contributed by atoms with van der Waals surface area (Å²) in [6, 6.07) is 6.98. The quantitative estimate of drug-likeness (QED) is 0.290. The van der Waals surface area contributed by atoms with Gasteiger partial charge < -0.3 is 20.2 Å². The van der Waals surface area contributed by atoms with Crippen LogP contribution in [0.15, 0.2) is 48.7 Å². The third-order valence-corrected chi connectivity index (χ3v) is 5.69. The fourth-order valence-electron chi connectivity index (χ4n) is 3.85. The van der Waals surface area contributed by atoms with E-state index in [1.165, 1.54) is 0 Å². The van der Waals surface area contributed by atoms with Crippen LogP contribution in [0, 0.1) is 0 Å². The van der Waals surface area contributed by atoms with E-state index in [9.17, 15) is 45.8 Å². The molecule has 1 unspecified atom stereocenters. The zero-order valence-corrected chi connectivity index (χ0v) is 22.1. The first-order chi connectivity index (χ1) is 17.2. The number of carbonyl (C=O) groups excluding carboxylic acids is 3. The number of halogens is 6. The number of amides is 1. The molecule has 0 aliphatic rings. The number of carbonyl (C=O) groups is 3. The first-order valence-electron chi connectivity index (χ1n) is 11.1. The molecule has 0 bridgehead atoms. The molecule has 0 fully saturated rings. The number of carboxylic acids is 1. The van der Waals surface area contributed by atoms with E-state index in [1.807, 2.05) is 0 Å². The van der Waals surface area contributed by atoms with Crippen molar-refractivity contribution in [1.82, 2.24) is 10.3 Å². The Morgan fingerprint density at radius 2 is 1.50 bits per heavy atom. The van der Waals surface area contributed by atoms with Crippen LogP contribution in [0.4, 0.5) is 26.3 Å². The SMILES string of the molecule is O=C([O-])CCC(=O)NC(Cc1c[nH]c2ccccc12)C(=O)CCc1cc(C(F)(F)F)cc(C(F)(F)F)c1.[Na+]. The average molecular weight is 550 g/mol. The molecule has 6 nitrogen and oxygen atoms in total. The van der Waals surface area contributed by atoms with Crippen LogP contribution < -0.4 is 40.0 Å². The molecule has 0 saturated carbocycles. The van der Waals surface area contributed by atoms with Gasteiger partial charge in [-0.25, -0.2) is 0 Å². The monoisotopic (exact) mass is 550 g/mol. The van der Waals surface area contributed by atoms with Gasteiger partial charge in [-0.2, -0.15) is 26.3 Å². The maximum absolute atomic E-state index is 13.1. The van der Waals surface area contributed by atoms with Gasteiger partial charge in [-0.1, -0.05) is 18.2 Å². The molecular formula is C25H21F6N2NaO4. The second-order valence-electron chi connectivity index (χ2n) is 8.44. The van der Waals surface area contributed by atoms with Crippen molar-refractivity contribution in [3.05, 3.63) is 70.9 Å². The van der Waals surface area contributed by atoms with Gasteiger partial charge in [0.05, 0.1) is 17.2 Å². The second-order valence-corrected chi connectivity index (χ2v) is 8.44. The minimum Gasteiger partial charge on any atom is -0.550 e. The van der Waals surface area contributed by atoms with Gasteiger partial charge in [-0.3, -0.25) is 9.59 Å². The van der Waals surface area contributed by atoms with Crippen molar-refractivity contribution >= 4 is 28.6 Å². The topological polar surface area (TPSA) is 102 Å². The number of nitrogens with one attached hydrogen (secondary N) is 2. The normalized spacial score (nSPS) is 12.6. The number of benzene rings is 2. The Bertz CT molecular complexity index is 1270. The molecule has 1 aromatic heterocycles. The van der Waals surface area contributed by atoms with Crippen molar-refractivity contribution < 1.29 is 75.4 Å². The standard InChI is InChI=1S/C25H22F6N2O4.Na/c26-24(27,28)16-9-14(10-17(12-16)25(29,30)31)5-6-21(34)20(33-22(35)7-8-23(36)37)11-15-13-32-19-4-2-1-3-18(15)19;/h1-4,9-10,12-13,20,32H,5-8,11H2,(H,33,35)(H,36,37);/q;+1/p-1. The summed E-state index contributed by atoms with van der Waals surface area (Å²) in [5.74, 6) is -2.88. The van der Waals surface area contributed by atoms with E-state index in [1.54, 1.807) is 30.5 Å². The summed E-state index contributed by atoms with van der Waals surface area (Å²) in [7, 11) is 0. The van der Waals surface area contributed by atoms with Gasteiger partial charge in [0, 0.05) is 42.3 Å². The summed E-state index contributed by atoms with van der Waals surface area (Å²) in [5, 5.41) is 13.8. The maximum Gasteiger partial charge on any atom is 1.00 e. The zero-order chi connectivity index (χ0) is 27.4. The van der Waals surface area contributed by atoms with Gasteiger partial charge in [0.1, 0.15) is 0 Å². The van der Waals surface area contributed by atoms with Crippen molar-refractivity contribution in [1.29, 1.82) is 0 Å². The summed E-state index contributed by atoms with van der Waals surface area (Å²) in [6.45, 7) is 0. The first-order valence-corrected chi connectivity index (χ1v) is 11.1. The number of fused-ring (bicyclic) bond motifs is 1. The zero-order valence-electron chi connectivity index (χ0n) is 20.1. The smallest absolute Gasteiger partial charge is 0.550 e. The fraction of sp³-hybridized carbons (Fsp3) is 0.320. The Morgan fingerprint density at radius 3 is 2.08 bits per heavy atom. The van der Waals surface area contributed by atoms with E-state index in [4.69, 9.17) is 0 Å². The molecule has 0 radical (unpaired) electrons. The molecule has 198 valence electrons. The van der Waals surface area contributed by atoms with Crippen LogP contribution in [-0.4, -0.2) is 28.7 Å². The molecule has 1 amide bonds. The predicted molar refractivity (Wildman–Crippen MR) is 118 cm³/mol.